The van der Waals surface area contributed by atoms with Crippen molar-refractivity contribution in [2.75, 3.05) is 5.32 Å². The van der Waals surface area contributed by atoms with Gasteiger partial charge in [-0.25, -0.2) is 4.79 Å². The van der Waals surface area contributed by atoms with E-state index in [1.807, 2.05) is 12.1 Å². The van der Waals surface area contributed by atoms with Crippen LogP contribution >= 0.6 is 35.4 Å². The van der Waals surface area contributed by atoms with Crippen LogP contribution in [0.1, 0.15) is 10.4 Å². The van der Waals surface area contributed by atoms with Crippen LogP contribution in [0.15, 0.2) is 82.0 Å². The molecular formula is C23H14Cl2N2O3S. The highest BCUT2D eigenvalue weighted by atomic mass is 35.5. The standard InChI is InChI=1S/C23H14Cl2N2O3S/c24-15-6-3-5-14(10-15)21(28)27-23(31)26-16-8-9-17(19(25)12-16)18-11-13-4-1-2-7-20(13)30-22(18)29/h1-12H,(H2,26,27,28,31). The Morgan fingerprint density at radius 3 is 2.48 bits per heavy atom. The van der Waals surface area contributed by atoms with Crippen LogP contribution in [-0.2, 0) is 0 Å². The van der Waals surface area contributed by atoms with Gasteiger partial charge in [-0.2, -0.15) is 0 Å². The van der Waals surface area contributed by atoms with Gasteiger partial charge >= 0.3 is 5.63 Å². The van der Waals surface area contributed by atoms with Crippen molar-refractivity contribution in [2.24, 2.45) is 0 Å². The summed E-state index contributed by atoms with van der Waals surface area (Å²) in [5, 5.41) is 7.15. The van der Waals surface area contributed by atoms with Gasteiger partial charge in [0.1, 0.15) is 5.58 Å². The molecule has 5 nitrogen and oxygen atoms in total. The summed E-state index contributed by atoms with van der Waals surface area (Å²) in [7, 11) is 0. The summed E-state index contributed by atoms with van der Waals surface area (Å²) >= 11 is 17.5. The first kappa shape index (κ1) is 21.1. The van der Waals surface area contributed by atoms with E-state index in [9.17, 15) is 9.59 Å². The van der Waals surface area contributed by atoms with Gasteiger partial charge in [-0.3, -0.25) is 10.1 Å². The lowest BCUT2D eigenvalue weighted by atomic mass is 10.1. The monoisotopic (exact) mass is 468 g/mol. The number of hydrogen-bond donors (Lipinski definition) is 2. The van der Waals surface area contributed by atoms with Crippen molar-refractivity contribution < 1.29 is 9.21 Å². The van der Waals surface area contributed by atoms with Crippen LogP contribution in [0.3, 0.4) is 0 Å². The molecule has 0 aliphatic rings. The zero-order valence-corrected chi connectivity index (χ0v) is 18.1. The van der Waals surface area contributed by atoms with Crippen LogP contribution in [0.5, 0.6) is 0 Å². The molecule has 154 valence electrons. The second-order valence-corrected chi connectivity index (χ2v) is 7.85. The maximum atomic E-state index is 12.4. The van der Waals surface area contributed by atoms with Gasteiger partial charge < -0.3 is 9.73 Å². The highest BCUT2D eigenvalue weighted by molar-refractivity contribution is 7.80. The molecule has 8 heteroatoms. The Morgan fingerprint density at radius 1 is 0.903 bits per heavy atom. The Kier molecular flexibility index (Phi) is 6.04. The Bertz CT molecular complexity index is 1380. The number of rotatable bonds is 3. The third kappa shape index (κ3) is 4.77. The van der Waals surface area contributed by atoms with E-state index in [1.54, 1.807) is 60.7 Å². The van der Waals surface area contributed by atoms with Crippen LogP contribution in [0, 0.1) is 0 Å². The Balaban J connectivity index is 1.53. The molecule has 3 aromatic carbocycles. The van der Waals surface area contributed by atoms with Gasteiger partial charge in [0, 0.05) is 27.2 Å². The number of carbonyl (C=O) groups is 1. The molecule has 4 aromatic rings. The SMILES string of the molecule is O=C(NC(=S)Nc1ccc(-c2cc3ccccc3oc2=O)c(Cl)c1)c1cccc(Cl)c1. The number of para-hydroxylation sites is 1. The van der Waals surface area contributed by atoms with Crippen molar-refractivity contribution in [3.63, 3.8) is 0 Å². The number of halogens is 2. The van der Waals surface area contributed by atoms with Crippen molar-refractivity contribution in [3.8, 4) is 11.1 Å². The van der Waals surface area contributed by atoms with Crippen molar-refractivity contribution in [1.82, 2.24) is 5.32 Å². The maximum Gasteiger partial charge on any atom is 0.344 e. The van der Waals surface area contributed by atoms with Gasteiger partial charge in [0.05, 0.1) is 10.6 Å². The molecule has 0 unspecified atom stereocenters. The number of anilines is 1. The molecular weight excluding hydrogens is 455 g/mol. The molecule has 0 saturated heterocycles. The van der Waals surface area contributed by atoms with Gasteiger partial charge in [0.2, 0.25) is 0 Å². The van der Waals surface area contributed by atoms with E-state index in [4.69, 9.17) is 39.8 Å². The normalized spacial score (nSPS) is 10.6. The summed E-state index contributed by atoms with van der Waals surface area (Å²) in [5.74, 6) is -0.392. The third-order valence-corrected chi connectivity index (χ3v) is 5.22. The molecule has 1 heterocycles. The van der Waals surface area contributed by atoms with Gasteiger partial charge in [-0.15, -0.1) is 0 Å². The first-order chi connectivity index (χ1) is 14.9. The van der Waals surface area contributed by atoms with Crippen molar-refractivity contribution in [2.45, 2.75) is 0 Å². The fourth-order valence-electron chi connectivity index (χ4n) is 3.03. The summed E-state index contributed by atoms with van der Waals surface area (Å²) in [4.78, 5) is 24.7. The summed E-state index contributed by atoms with van der Waals surface area (Å²) in [6, 6.07) is 20.5. The van der Waals surface area contributed by atoms with E-state index in [0.29, 0.717) is 38.0 Å². The van der Waals surface area contributed by atoms with Crippen LogP contribution in [0.4, 0.5) is 5.69 Å². The van der Waals surface area contributed by atoms with Gasteiger partial charge in [0.25, 0.3) is 5.91 Å². The van der Waals surface area contributed by atoms with E-state index in [0.717, 1.165) is 5.39 Å². The largest absolute Gasteiger partial charge is 0.422 e. The third-order valence-electron chi connectivity index (χ3n) is 4.47. The number of hydrogen-bond acceptors (Lipinski definition) is 4. The Morgan fingerprint density at radius 2 is 1.71 bits per heavy atom. The highest BCUT2D eigenvalue weighted by Gasteiger charge is 2.13. The summed E-state index contributed by atoms with van der Waals surface area (Å²) in [6.07, 6.45) is 0. The van der Waals surface area contributed by atoms with Crippen LogP contribution in [0.25, 0.3) is 22.1 Å². The molecule has 2 N–H and O–H groups in total. The summed E-state index contributed by atoms with van der Waals surface area (Å²) in [6.45, 7) is 0. The summed E-state index contributed by atoms with van der Waals surface area (Å²) in [5.41, 5.74) is 1.84. The highest BCUT2D eigenvalue weighted by Crippen LogP contribution is 2.30. The minimum absolute atomic E-state index is 0.0963. The first-order valence-electron chi connectivity index (χ1n) is 9.11. The average Bonchev–Trinajstić information content (AvgIpc) is 2.73. The quantitative estimate of drug-likeness (QED) is 0.289. The zero-order valence-electron chi connectivity index (χ0n) is 15.8. The number of carbonyl (C=O) groups excluding carboxylic acids is 1. The van der Waals surface area contributed by atoms with Gasteiger partial charge in [0.15, 0.2) is 5.11 Å². The average molecular weight is 469 g/mol. The van der Waals surface area contributed by atoms with Crippen LogP contribution in [-0.4, -0.2) is 11.0 Å². The minimum atomic E-state index is -0.481. The molecule has 0 fully saturated rings. The molecule has 1 amide bonds. The molecule has 0 radical (unpaired) electrons. The Hall–Kier alpha value is -3.19. The lowest BCUT2D eigenvalue weighted by Crippen LogP contribution is -2.34. The molecule has 0 spiro atoms. The van der Waals surface area contributed by atoms with Crippen LogP contribution < -0.4 is 16.3 Å². The molecule has 0 saturated carbocycles. The minimum Gasteiger partial charge on any atom is -0.422 e. The van der Waals surface area contributed by atoms with E-state index in [1.165, 1.54) is 0 Å². The molecule has 0 aliphatic heterocycles. The molecule has 4 rings (SSSR count). The van der Waals surface area contributed by atoms with E-state index >= 15 is 0 Å². The van der Waals surface area contributed by atoms with E-state index < -0.39 is 11.5 Å². The predicted molar refractivity (Wildman–Crippen MR) is 128 cm³/mol. The number of fused-ring (bicyclic) bond motifs is 1. The fraction of sp³-hybridized carbons (Fsp3) is 0. The van der Waals surface area contributed by atoms with Crippen LogP contribution in [0.2, 0.25) is 10.0 Å². The molecule has 0 atom stereocenters. The van der Waals surface area contributed by atoms with Crippen molar-refractivity contribution in [1.29, 1.82) is 0 Å². The molecule has 1 aromatic heterocycles. The smallest absolute Gasteiger partial charge is 0.344 e. The lowest BCUT2D eigenvalue weighted by molar-refractivity contribution is 0.0977. The number of amides is 1. The topological polar surface area (TPSA) is 71.3 Å². The second-order valence-electron chi connectivity index (χ2n) is 6.60. The summed E-state index contributed by atoms with van der Waals surface area (Å²) < 4.78 is 5.38. The van der Waals surface area contributed by atoms with Crippen molar-refractivity contribution >= 4 is 63.1 Å². The zero-order chi connectivity index (χ0) is 22.0. The maximum absolute atomic E-state index is 12.4. The number of thiocarbonyl (C=S) groups is 1. The fourth-order valence-corrected chi connectivity index (χ4v) is 3.71. The van der Waals surface area contributed by atoms with Crippen molar-refractivity contribution in [3.05, 3.63) is 98.8 Å². The van der Waals surface area contributed by atoms with E-state index in [2.05, 4.69) is 10.6 Å². The molecule has 0 bridgehead atoms. The van der Waals surface area contributed by atoms with E-state index in [-0.39, 0.29) is 5.11 Å². The lowest BCUT2D eigenvalue weighted by Gasteiger charge is -2.11. The number of benzene rings is 3. The first-order valence-corrected chi connectivity index (χ1v) is 10.3. The van der Waals surface area contributed by atoms with Gasteiger partial charge in [-0.05, 0) is 54.7 Å². The Labute approximate surface area is 192 Å². The predicted octanol–water partition coefficient (Wildman–Crippen LogP) is 5.89. The second kappa shape index (κ2) is 8.89. The molecule has 31 heavy (non-hydrogen) atoms. The molecule has 0 aliphatic carbocycles. The number of nitrogens with one attached hydrogen (secondary N) is 2. The van der Waals surface area contributed by atoms with Gasteiger partial charge in [-0.1, -0.05) is 53.5 Å².